The van der Waals surface area contributed by atoms with Crippen molar-refractivity contribution in [2.24, 2.45) is 5.92 Å². The molecule has 0 saturated carbocycles. The minimum Gasteiger partial charge on any atom is -0.395 e. The molecular weight excluding hydrogens is 222 g/mol. The Kier molecular flexibility index (Phi) is 6.10. The highest BCUT2D eigenvalue weighted by Crippen LogP contribution is 2.07. The monoisotopic (exact) mass is 243 g/mol. The number of rotatable bonds is 8. The van der Waals surface area contributed by atoms with Crippen LogP contribution in [0.15, 0.2) is 4.52 Å². The summed E-state index contributed by atoms with van der Waals surface area (Å²) in [6.45, 7) is 5.76. The summed E-state index contributed by atoms with van der Waals surface area (Å²) in [6, 6.07) is 0. The fourth-order valence-corrected chi connectivity index (χ4v) is 1.54. The average molecular weight is 243 g/mol. The zero-order chi connectivity index (χ0) is 12.7. The summed E-state index contributed by atoms with van der Waals surface area (Å²) in [6.07, 6.45) is 0.771. The summed E-state index contributed by atoms with van der Waals surface area (Å²) in [5, 5.41) is 21.6. The van der Waals surface area contributed by atoms with Gasteiger partial charge in [0.25, 0.3) is 0 Å². The van der Waals surface area contributed by atoms with Crippen LogP contribution < -0.4 is 0 Å². The molecule has 0 spiro atoms. The van der Waals surface area contributed by atoms with Gasteiger partial charge in [0.15, 0.2) is 5.82 Å². The summed E-state index contributed by atoms with van der Waals surface area (Å²) in [4.78, 5) is 6.15. The third-order valence-corrected chi connectivity index (χ3v) is 2.29. The van der Waals surface area contributed by atoms with E-state index in [-0.39, 0.29) is 13.2 Å². The molecule has 2 N–H and O–H groups in total. The first-order valence-electron chi connectivity index (χ1n) is 5.91. The van der Waals surface area contributed by atoms with Gasteiger partial charge in [-0.3, -0.25) is 4.90 Å². The minimum atomic E-state index is 0.0523. The fraction of sp³-hybridized carbons (Fsp3) is 0.818. The van der Waals surface area contributed by atoms with Crippen molar-refractivity contribution in [3.63, 3.8) is 0 Å². The molecule has 0 aromatic carbocycles. The molecule has 0 bridgehead atoms. The highest BCUT2D eigenvalue weighted by molar-refractivity contribution is 4.87. The Morgan fingerprint density at radius 3 is 2.41 bits per heavy atom. The van der Waals surface area contributed by atoms with Gasteiger partial charge in [0.2, 0.25) is 5.89 Å². The van der Waals surface area contributed by atoms with Crippen LogP contribution in [0.4, 0.5) is 0 Å². The van der Waals surface area contributed by atoms with Crippen molar-refractivity contribution in [3.05, 3.63) is 11.7 Å². The number of hydrogen-bond donors (Lipinski definition) is 2. The Balaban J connectivity index is 2.50. The first-order chi connectivity index (χ1) is 8.15. The van der Waals surface area contributed by atoms with Gasteiger partial charge < -0.3 is 14.7 Å². The number of aliphatic hydroxyl groups excluding tert-OH is 2. The van der Waals surface area contributed by atoms with Crippen LogP contribution in [0.2, 0.25) is 0 Å². The lowest BCUT2D eigenvalue weighted by Gasteiger charge is -2.17. The molecule has 1 aromatic rings. The highest BCUT2D eigenvalue weighted by atomic mass is 16.5. The maximum absolute atomic E-state index is 8.88. The molecule has 0 atom stereocenters. The molecule has 0 saturated heterocycles. The van der Waals surface area contributed by atoms with Crippen molar-refractivity contribution in [3.8, 4) is 0 Å². The van der Waals surface area contributed by atoms with E-state index >= 15 is 0 Å². The fourth-order valence-electron chi connectivity index (χ4n) is 1.54. The topological polar surface area (TPSA) is 82.6 Å². The predicted molar refractivity (Wildman–Crippen MR) is 62.3 cm³/mol. The Labute approximate surface area is 101 Å². The first-order valence-corrected chi connectivity index (χ1v) is 5.91. The number of aliphatic hydroxyl groups is 2. The normalized spacial score (nSPS) is 11.6. The summed E-state index contributed by atoms with van der Waals surface area (Å²) < 4.78 is 5.12. The third-order valence-electron chi connectivity index (χ3n) is 2.29. The molecule has 6 heteroatoms. The Hall–Kier alpha value is -0.980. The molecular formula is C11H21N3O3. The number of aromatic nitrogens is 2. The van der Waals surface area contributed by atoms with E-state index in [1.807, 2.05) is 4.90 Å². The average Bonchev–Trinajstić information content (AvgIpc) is 2.65. The molecule has 0 aliphatic rings. The Bertz CT molecular complexity index is 309. The lowest BCUT2D eigenvalue weighted by molar-refractivity contribution is 0.152. The van der Waals surface area contributed by atoms with Gasteiger partial charge in [0.05, 0.1) is 19.8 Å². The molecule has 1 rings (SSSR count). The summed E-state index contributed by atoms with van der Waals surface area (Å²) in [7, 11) is 0. The van der Waals surface area contributed by atoms with Crippen molar-refractivity contribution in [2.45, 2.75) is 26.8 Å². The summed E-state index contributed by atoms with van der Waals surface area (Å²) in [5.74, 6) is 1.72. The van der Waals surface area contributed by atoms with Crippen LogP contribution in [-0.4, -0.2) is 51.6 Å². The SMILES string of the molecule is CC(C)Cc1nc(CN(CCO)CCO)no1. The van der Waals surface area contributed by atoms with Crippen molar-refractivity contribution in [1.82, 2.24) is 15.0 Å². The molecule has 6 nitrogen and oxygen atoms in total. The third kappa shape index (κ3) is 5.25. The van der Waals surface area contributed by atoms with Crippen molar-refractivity contribution < 1.29 is 14.7 Å². The van der Waals surface area contributed by atoms with Crippen molar-refractivity contribution >= 4 is 0 Å². The van der Waals surface area contributed by atoms with Gasteiger partial charge in [-0.15, -0.1) is 0 Å². The molecule has 17 heavy (non-hydrogen) atoms. The molecule has 0 unspecified atom stereocenters. The minimum absolute atomic E-state index is 0.0523. The van der Waals surface area contributed by atoms with E-state index in [1.54, 1.807) is 0 Å². The zero-order valence-corrected chi connectivity index (χ0v) is 10.5. The molecule has 0 radical (unpaired) electrons. The van der Waals surface area contributed by atoms with E-state index in [0.29, 0.717) is 37.3 Å². The van der Waals surface area contributed by atoms with E-state index in [2.05, 4.69) is 24.0 Å². The molecule has 0 aliphatic carbocycles. The van der Waals surface area contributed by atoms with Crippen LogP contribution in [-0.2, 0) is 13.0 Å². The second kappa shape index (κ2) is 7.37. The van der Waals surface area contributed by atoms with Crippen molar-refractivity contribution in [1.29, 1.82) is 0 Å². The van der Waals surface area contributed by atoms with Crippen LogP contribution >= 0.6 is 0 Å². The molecule has 1 aromatic heterocycles. The maximum Gasteiger partial charge on any atom is 0.226 e. The van der Waals surface area contributed by atoms with Gasteiger partial charge in [0, 0.05) is 19.5 Å². The van der Waals surface area contributed by atoms with Gasteiger partial charge in [-0.1, -0.05) is 19.0 Å². The van der Waals surface area contributed by atoms with E-state index in [9.17, 15) is 0 Å². The van der Waals surface area contributed by atoms with Crippen LogP contribution in [0.25, 0.3) is 0 Å². The van der Waals surface area contributed by atoms with Crippen LogP contribution in [0.3, 0.4) is 0 Å². The predicted octanol–water partition coefficient (Wildman–Crippen LogP) is 0.0547. The Morgan fingerprint density at radius 1 is 1.24 bits per heavy atom. The van der Waals surface area contributed by atoms with Gasteiger partial charge in [-0.05, 0) is 5.92 Å². The maximum atomic E-state index is 8.88. The molecule has 98 valence electrons. The summed E-state index contributed by atoms with van der Waals surface area (Å²) in [5.41, 5.74) is 0. The standard InChI is InChI=1S/C11H21N3O3/c1-9(2)7-11-12-10(13-17-11)8-14(3-5-15)4-6-16/h9,15-16H,3-8H2,1-2H3. The Morgan fingerprint density at radius 2 is 1.88 bits per heavy atom. The lowest BCUT2D eigenvalue weighted by Crippen LogP contribution is -2.29. The van der Waals surface area contributed by atoms with Crippen LogP contribution in [0.1, 0.15) is 25.6 Å². The largest absolute Gasteiger partial charge is 0.395 e. The van der Waals surface area contributed by atoms with Crippen molar-refractivity contribution in [2.75, 3.05) is 26.3 Å². The summed E-state index contributed by atoms with van der Waals surface area (Å²) >= 11 is 0. The second-order valence-corrected chi connectivity index (χ2v) is 4.43. The van der Waals surface area contributed by atoms with E-state index < -0.39 is 0 Å². The quantitative estimate of drug-likeness (QED) is 0.671. The first kappa shape index (κ1) is 14.1. The highest BCUT2D eigenvalue weighted by Gasteiger charge is 2.11. The van der Waals surface area contributed by atoms with Gasteiger partial charge in [0.1, 0.15) is 0 Å². The van der Waals surface area contributed by atoms with Gasteiger partial charge >= 0.3 is 0 Å². The van der Waals surface area contributed by atoms with Crippen LogP contribution in [0.5, 0.6) is 0 Å². The number of hydrogen-bond acceptors (Lipinski definition) is 6. The van der Waals surface area contributed by atoms with E-state index in [1.165, 1.54) is 0 Å². The lowest BCUT2D eigenvalue weighted by atomic mass is 10.1. The van der Waals surface area contributed by atoms with Gasteiger partial charge in [-0.25, -0.2) is 0 Å². The second-order valence-electron chi connectivity index (χ2n) is 4.43. The molecule has 0 aliphatic heterocycles. The van der Waals surface area contributed by atoms with Crippen LogP contribution in [0, 0.1) is 5.92 Å². The van der Waals surface area contributed by atoms with Gasteiger partial charge in [-0.2, -0.15) is 4.98 Å². The molecule has 0 amide bonds. The van der Waals surface area contributed by atoms with E-state index in [4.69, 9.17) is 14.7 Å². The molecule has 1 heterocycles. The zero-order valence-electron chi connectivity index (χ0n) is 10.5. The smallest absolute Gasteiger partial charge is 0.226 e. The van der Waals surface area contributed by atoms with E-state index in [0.717, 1.165) is 6.42 Å². The number of nitrogens with zero attached hydrogens (tertiary/aromatic N) is 3. The molecule has 0 fully saturated rings.